The van der Waals surface area contributed by atoms with Gasteiger partial charge >= 0.3 is 0 Å². The highest BCUT2D eigenvalue weighted by Gasteiger charge is 2.43. The van der Waals surface area contributed by atoms with Gasteiger partial charge < -0.3 is 4.90 Å². The minimum absolute atomic E-state index is 0.0601. The standard InChI is InChI=1S/C14H20N2O3/c17-12-6-7-13(18)16(12)11-8-15(9-11)14(19)10-4-2-1-3-5-10/h10-11H,1-9H2. The van der Waals surface area contributed by atoms with Crippen molar-refractivity contribution in [2.75, 3.05) is 13.1 Å². The Hall–Kier alpha value is -1.39. The number of likely N-dealkylation sites (tertiary alicyclic amines) is 2. The third-order valence-corrected chi connectivity index (χ3v) is 4.58. The highest BCUT2D eigenvalue weighted by Crippen LogP contribution is 2.29. The van der Waals surface area contributed by atoms with Crippen molar-refractivity contribution < 1.29 is 14.4 Å². The van der Waals surface area contributed by atoms with Gasteiger partial charge in [-0.15, -0.1) is 0 Å². The van der Waals surface area contributed by atoms with Crippen LogP contribution in [0.25, 0.3) is 0 Å². The summed E-state index contributed by atoms with van der Waals surface area (Å²) in [5.41, 5.74) is 0. The lowest BCUT2D eigenvalue weighted by Gasteiger charge is -2.44. The van der Waals surface area contributed by atoms with E-state index in [4.69, 9.17) is 0 Å². The van der Waals surface area contributed by atoms with Crippen LogP contribution >= 0.6 is 0 Å². The molecule has 0 aromatic heterocycles. The molecule has 5 nitrogen and oxygen atoms in total. The Balaban J connectivity index is 1.53. The maximum Gasteiger partial charge on any atom is 0.230 e. The molecule has 0 radical (unpaired) electrons. The van der Waals surface area contributed by atoms with Crippen molar-refractivity contribution in [2.45, 2.75) is 51.0 Å². The van der Waals surface area contributed by atoms with E-state index in [9.17, 15) is 14.4 Å². The smallest absolute Gasteiger partial charge is 0.230 e. The van der Waals surface area contributed by atoms with Crippen LogP contribution in [0.2, 0.25) is 0 Å². The molecule has 3 rings (SSSR count). The van der Waals surface area contributed by atoms with Crippen molar-refractivity contribution in [1.29, 1.82) is 0 Å². The molecule has 0 aromatic rings. The van der Waals surface area contributed by atoms with Crippen molar-refractivity contribution in [3.05, 3.63) is 0 Å². The molecule has 5 heteroatoms. The molecule has 3 aliphatic rings. The molecular weight excluding hydrogens is 244 g/mol. The summed E-state index contributed by atoms with van der Waals surface area (Å²) in [4.78, 5) is 38.6. The van der Waals surface area contributed by atoms with E-state index in [1.807, 2.05) is 4.90 Å². The Labute approximate surface area is 112 Å². The quantitative estimate of drug-likeness (QED) is 0.697. The Bertz CT molecular complexity index is 393. The zero-order valence-corrected chi connectivity index (χ0v) is 11.1. The van der Waals surface area contributed by atoms with Crippen LogP contribution in [-0.2, 0) is 14.4 Å². The van der Waals surface area contributed by atoms with E-state index in [1.54, 1.807) is 0 Å². The molecule has 2 heterocycles. The second-order valence-corrected chi connectivity index (χ2v) is 5.89. The lowest BCUT2D eigenvalue weighted by Crippen LogP contribution is -2.63. The van der Waals surface area contributed by atoms with E-state index in [0.717, 1.165) is 25.7 Å². The third-order valence-electron chi connectivity index (χ3n) is 4.58. The fourth-order valence-corrected chi connectivity index (χ4v) is 3.41. The summed E-state index contributed by atoms with van der Waals surface area (Å²) in [5, 5.41) is 0. The van der Waals surface area contributed by atoms with E-state index in [1.165, 1.54) is 11.3 Å². The minimum Gasteiger partial charge on any atom is -0.338 e. The Morgan fingerprint density at radius 2 is 1.53 bits per heavy atom. The van der Waals surface area contributed by atoms with E-state index >= 15 is 0 Å². The number of nitrogens with zero attached hydrogens (tertiary/aromatic N) is 2. The first-order valence-corrected chi connectivity index (χ1v) is 7.30. The zero-order valence-electron chi connectivity index (χ0n) is 11.1. The molecule has 0 N–H and O–H groups in total. The summed E-state index contributed by atoms with van der Waals surface area (Å²) >= 11 is 0. The van der Waals surface area contributed by atoms with Crippen LogP contribution in [0.5, 0.6) is 0 Å². The Morgan fingerprint density at radius 3 is 2.11 bits per heavy atom. The first kappa shape index (κ1) is 12.6. The predicted molar refractivity (Wildman–Crippen MR) is 68.0 cm³/mol. The SMILES string of the molecule is O=C(C1CCCCC1)N1CC(N2C(=O)CCC2=O)C1. The van der Waals surface area contributed by atoms with Crippen LogP contribution in [0, 0.1) is 5.92 Å². The molecule has 1 aliphatic carbocycles. The van der Waals surface area contributed by atoms with Crippen LogP contribution in [0.3, 0.4) is 0 Å². The van der Waals surface area contributed by atoms with Gasteiger partial charge in [0.05, 0.1) is 6.04 Å². The van der Waals surface area contributed by atoms with E-state index in [-0.39, 0.29) is 29.7 Å². The second-order valence-electron chi connectivity index (χ2n) is 5.89. The first-order valence-electron chi connectivity index (χ1n) is 7.30. The van der Waals surface area contributed by atoms with Gasteiger partial charge in [-0.2, -0.15) is 0 Å². The van der Waals surface area contributed by atoms with Crippen LogP contribution < -0.4 is 0 Å². The Kier molecular flexibility index (Phi) is 3.29. The molecule has 19 heavy (non-hydrogen) atoms. The number of hydrogen-bond donors (Lipinski definition) is 0. The van der Waals surface area contributed by atoms with Crippen molar-refractivity contribution in [1.82, 2.24) is 9.80 Å². The minimum atomic E-state index is -0.0697. The van der Waals surface area contributed by atoms with E-state index in [2.05, 4.69) is 0 Å². The normalized spacial score (nSPS) is 25.9. The number of amides is 3. The molecule has 1 saturated carbocycles. The van der Waals surface area contributed by atoms with E-state index < -0.39 is 0 Å². The highest BCUT2D eigenvalue weighted by molar-refractivity contribution is 6.02. The number of rotatable bonds is 2. The third kappa shape index (κ3) is 2.26. The molecule has 0 aromatic carbocycles. The molecule has 3 fully saturated rings. The van der Waals surface area contributed by atoms with Crippen LogP contribution in [0.15, 0.2) is 0 Å². The molecule has 0 spiro atoms. The van der Waals surface area contributed by atoms with Crippen molar-refractivity contribution >= 4 is 17.7 Å². The number of carbonyl (C=O) groups excluding carboxylic acids is 3. The van der Waals surface area contributed by atoms with E-state index in [0.29, 0.717) is 25.9 Å². The average Bonchev–Trinajstić information content (AvgIpc) is 2.70. The summed E-state index contributed by atoms with van der Waals surface area (Å²) < 4.78 is 0. The second kappa shape index (κ2) is 4.94. The molecule has 0 bridgehead atoms. The summed E-state index contributed by atoms with van der Waals surface area (Å²) in [6.45, 7) is 1.10. The number of imide groups is 1. The molecule has 2 aliphatic heterocycles. The zero-order chi connectivity index (χ0) is 13.4. The summed E-state index contributed by atoms with van der Waals surface area (Å²) in [5.74, 6) is 0.272. The van der Waals surface area contributed by atoms with Gasteiger partial charge in [-0.3, -0.25) is 19.3 Å². The van der Waals surface area contributed by atoms with Gasteiger partial charge in [-0.25, -0.2) is 0 Å². The summed E-state index contributed by atoms with van der Waals surface area (Å²) in [7, 11) is 0. The van der Waals surface area contributed by atoms with Gasteiger partial charge in [0.15, 0.2) is 0 Å². The number of hydrogen-bond acceptors (Lipinski definition) is 3. The average molecular weight is 264 g/mol. The van der Waals surface area contributed by atoms with Crippen molar-refractivity contribution in [2.24, 2.45) is 5.92 Å². The van der Waals surface area contributed by atoms with Crippen molar-refractivity contribution in [3.63, 3.8) is 0 Å². The lowest BCUT2D eigenvalue weighted by atomic mass is 9.87. The highest BCUT2D eigenvalue weighted by atomic mass is 16.2. The molecule has 0 atom stereocenters. The van der Waals surface area contributed by atoms with Gasteiger partial charge in [0.1, 0.15) is 0 Å². The van der Waals surface area contributed by atoms with Gasteiger partial charge in [-0.05, 0) is 12.8 Å². The lowest BCUT2D eigenvalue weighted by molar-refractivity contribution is -0.154. The predicted octanol–water partition coefficient (Wildman–Crippen LogP) is 0.926. The maximum atomic E-state index is 12.2. The van der Waals surface area contributed by atoms with Crippen LogP contribution in [0.1, 0.15) is 44.9 Å². The number of carbonyl (C=O) groups is 3. The Morgan fingerprint density at radius 1 is 0.947 bits per heavy atom. The van der Waals surface area contributed by atoms with Crippen LogP contribution in [-0.4, -0.2) is 46.7 Å². The first-order chi connectivity index (χ1) is 9.16. The monoisotopic (exact) mass is 264 g/mol. The van der Waals surface area contributed by atoms with Gasteiger partial charge in [0.25, 0.3) is 0 Å². The summed E-state index contributed by atoms with van der Waals surface area (Å²) in [6.07, 6.45) is 6.22. The molecule has 2 saturated heterocycles. The molecular formula is C14H20N2O3. The maximum absolute atomic E-state index is 12.2. The topological polar surface area (TPSA) is 57.7 Å². The summed E-state index contributed by atoms with van der Waals surface area (Å²) in [6, 6.07) is -0.0601. The fraction of sp³-hybridized carbons (Fsp3) is 0.786. The van der Waals surface area contributed by atoms with Gasteiger partial charge in [-0.1, -0.05) is 19.3 Å². The fourth-order valence-electron chi connectivity index (χ4n) is 3.41. The molecule has 104 valence electrons. The van der Waals surface area contributed by atoms with Crippen LogP contribution in [0.4, 0.5) is 0 Å². The van der Waals surface area contributed by atoms with Crippen molar-refractivity contribution in [3.8, 4) is 0 Å². The molecule has 0 unspecified atom stereocenters. The largest absolute Gasteiger partial charge is 0.338 e. The molecule has 3 amide bonds. The van der Waals surface area contributed by atoms with Gasteiger partial charge in [0, 0.05) is 31.8 Å². The van der Waals surface area contributed by atoms with Gasteiger partial charge in [0.2, 0.25) is 17.7 Å².